The third kappa shape index (κ3) is 3.47. The van der Waals surface area contributed by atoms with Gasteiger partial charge >= 0.3 is 0 Å². The smallest absolute Gasteiger partial charge is 0.115 e. The summed E-state index contributed by atoms with van der Waals surface area (Å²) < 4.78 is 0. The summed E-state index contributed by atoms with van der Waals surface area (Å²) in [5.41, 5.74) is 3.01. The van der Waals surface area contributed by atoms with Gasteiger partial charge in [0.2, 0.25) is 0 Å². The molecule has 0 fully saturated rings. The number of phenols is 1. The molecule has 0 atom stereocenters. The lowest BCUT2D eigenvalue weighted by Crippen LogP contribution is -1.78. The highest BCUT2D eigenvalue weighted by Gasteiger charge is 1.94. The summed E-state index contributed by atoms with van der Waals surface area (Å²) in [6, 6.07) is 7.00. The van der Waals surface area contributed by atoms with Gasteiger partial charge in [-0.25, -0.2) is 0 Å². The van der Waals surface area contributed by atoms with Crippen LogP contribution >= 0.6 is 0 Å². The molecule has 0 bridgehead atoms. The maximum absolute atomic E-state index is 9.13. The molecule has 0 aliphatic rings. The highest BCUT2D eigenvalue weighted by Crippen LogP contribution is 2.18. The van der Waals surface area contributed by atoms with Crippen molar-refractivity contribution in [3.05, 3.63) is 60.7 Å². The zero-order chi connectivity index (χ0) is 11.3. The van der Waals surface area contributed by atoms with Crippen LogP contribution in [0.5, 0.6) is 5.75 Å². The van der Waals surface area contributed by atoms with Crippen LogP contribution in [0.15, 0.2) is 55.1 Å². The molecule has 0 saturated carbocycles. The lowest BCUT2D eigenvalue weighted by Gasteiger charge is -2.00. The zero-order valence-corrected chi connectivity index (χ0v) is 9.03. The highest BCUT2D eigenvalue weighted by molar-refractivity contribution is 5.72. The van der Waals surface area contributed by atoms with E-state index in [0.717, 1.165) is 23.1 Å². The van der Waals surface area contributed by atoms with Crippen molar-refractivity contribution in [2.75, 3.05) is 0 Å². The average molecular weight is 200 g/mol. The molecule has 0 aromatic heterocycles. The topological polar surface area (TPSA) is 20.2 Å². The van der Waals surface area contributed by atoms with E-state index in [1.807, 2.05) is 24.3 Å². The van der Waals surface area contributed by atoms with Crippen LogP contribution in [0.4, 0.5) is 0 Å². The Hall–Kier alpha value is -1.76. The van der Waals surface area contributed by atoms with Crippen LogP contribution in [0.1, 0.15) is 18.9 Å². The third-order valence-corrected chi connectivity index (χ3v) is 2.21. The fourth-order valence-electron chi connectivity index (χ4n) is 1.11. The second-order valence-electron chi connectivity index (χ2n) is 3.42. The Morgan fingerprint density at radius 3 is 2.33 bits per heavy atom. The number of hydrogen-bond donors (Lipinski definition) is 1. The van der Waals surface area contributed by atoms with Gasteiger partial charge in [0.05, 0.1) is 0 Å². The first kappa shape index (κ1) is 11.3. The normalized spacial score (nSPS) is 10.5. The third-order valence-electron chi connectivity index (χ3n) is 2.21. The molecule has 0 amide bonds. The quantitative estimate of drug-likeness (QED) is 0.730. The average Bonchev–Trinajstić information content (AvgIpc) is 2.26. The molecule has 0 heterocycles. The molecule has 0 radical (unpaired) electrons. The van der Waals surface area contributed by atoms with E-state index in [1.54, 1.807) is 12.1 Å². The number of allylic oxidation sites excluding steroid dienone is 4. The van der Waals surface area contributed by atoms with Crippen molar-refractivity contribution >= 4 is 5.57 Å². The Balaban J connectivity index is 2.73. The molecular weight excluding hydrogens is 184 g/mol. The Labute approximate surface area is 91.1 Å². The number of hydrogen-bond acceptors (Lipinski definition) is 1. The minimum absolute atomic E-state index is 0.272. The standard InChI is InChI=1S/C14H16O/c1-4-11(2)5-6-12(3)13-7-9-14(15)10-8-13/h5-10,15H,2-4H2,1H3/b6-5-. The maximum atomic E-state index is 9.13. The van der Waals surface area contributed by atoms with Gasteiger partial charge in [0.25, 0.3) is 0 Å². The van der Waals surface area contributed by atoms with Crippen LogP contribution in [-0.2, 0) is 0 Å². The van der Waals surface area contributed by atoms with Gasteiger partial charge < -0.3 is 5.11 Å². The molecule has 0 aliphatic heterocycles. The van der Waals surface area contributed by atoms with E-state index in [1.165, 1.54) is 0 Å². The van der Waals surface area contributed by atoms with Crippen LogP contribution in [0, 0.1) is 0 Å². The molecule has 1 nitrogen and oxygen atoms in total. The van der Waals surface area contributed by atoms with Crippen molar-refractivity contribution in [1.82, 2.24) is 0 Å². The Morgan fingerprint density at radius 1 is 1.20 bits per heavy atom. The summed E-state index contributed by atoms with van der Waals surface area (Å²) in [5.74, 6) is 0.272. The van der Waals surface area contributed by atoms with Crippen molar-refractivity contribution in [3.8, 4) is 5.75 Å². The van der Waals surface area contributed by atoms with Gasteiger partial charge in [-0.05, 0) is 29.7 Å². The van der Waals surface area contributed by atoms with E-state index in [2.05, 4.69) is 20.1 Å². The maximum Gasteiger partial charge on any atom is 0.115 e. The molecule has 1 N–H and O–H groups in total. The van der Waals surface area contributed by atoms with Crippen molar-refractivity contribution < 1.29 is 5.11 Å². The van der Waals surface area contributed by atoms with E-state index >= 15 is 0 Å². The molecule has 0 saturated heterocycles. The summed E-state index contributed by atoms with van der Waals surface area (Å²) in [4.78, 5) is 0. The van der Waals surface area contributed by atoms with Crippen molar-refractivity contribution in [1.29, 1.82) is 0 Å². The largest absolute Gasteiger partial charge is 0.508 e. The van der Waals surface area contributed by atoms with E-state index in [-0.39, 0.29) is 5.75 Å². The fourth-order valence-corrected chi connectivity index (χ4v) is 1.11. The van der Waals surface area contributed by atoms with Crippen LogP contribution in [0.2, 0.25) is 0 Å². The molecule has 1 aromatic rings. The van der Waals surface area contributed by atoms with E-state index in [9.17, 15) is 0 Å². The Kier molecular flexibility index (Phi) is 3.92. The summed E-state index contributed by atoms with van der Waals surface area (Å²) in [7, 11) is 0. The zero-order valence-electron chi connectivity index (χ0n) is 9.03. The van der Waals surface area contributed by atoms with Gasteiger partial charge in [0.15, 0.2) is 0 Å². The highest BCUT2D eigenvalue weighted by atomic mass is 16.3. The Bertz CT molecular complexity index is 382. The summed E-state index contributed by atoms with van der Waals surface area (Å²) in [5, 5.41) is 9.13. The first-order valence-electron chi connectivity index (χ1n) is 4.97. The van der Waals surface area contributed by atoms with Gasteiger partial charge in [-0.2, -0.15) is 0 Å². The molecule has 0 unspecified atom stereocenters. The molecule has 78 valence electrons. The minimum atomic E-state index is 0.272. The van der Waals surface area contributed by atoms with Gasteiger partial charge in [0, 0.05) is 0 Å². The number of phenolic OH excluding ortho intramolecular Hbond substituents is 1. The van der Waals surface area contributed by atoms with Crippen LogP contribution in [0.3, 0.4) is 0 Å². The molecule has 0 aliphatic carbocycles. The molecule has 1 aromatic carbocycles. The van der Waals surface area contributed by atoms with Crippen LogP contribution < -0.4 is 0 Å². The van der Waals surface area contributed by atoms with Gasteiger partial charge in [0.1, 0.15) is 5.75 Å². The van der Waals surface area contributed by atoms with Gasteiger partial charge in [-0.15, -0.1) is 0 Å². The summed E-state index contributed by atoms with van der Waals surface area (Å²) >= 11 is 0. The van der Waals surface area contributed by atoms with E-state index in [0.29, 0.717) is 0 Å². The number of rotatable bonds is 4. The first-order chi connectivity index (χ1) is 7.13. The molecular formula is C14H16O. The molecule has 15 heavy (non-hydrogen) atoms. The predicted octanol–water partition coefficient (Wildman–Crippen LogP) is 3.93. The minimum Gasteiger partial charge on any atom is -0.508 e. The molecule has 1 rings (SSSR count). The summed E-state index contributed by atoms with van der Waals surface area (Å²) in [6.07, 6.45) is 4.85. The number of benzene rings is 1. The van der Waals surface area contributed by atoms with E-state index < -0.39 is 0 Å². The number of aromatic hydroxyl groups is 1. The van der Waals surface area contributed by atoms with E-state index in [4.69, 9.17) is 5.11 Å². The second-order valence-corrected chi connectivity index (χ2v) is 3.42. The van der Waals surface area contributed by atoms with Crippen molar-refractivity contribution in [2.45, 2.75) is 13.3 Å². The van der Waals surface area contributed by atoms with Crippen molar-refractivity contribution in [3.63, 3.8) is 0 Å². The SMILES string of the molecule is C=C(/C=C\C(=C)c1ccc(O)cc1)CC. The van der Waals surface area contributed by atoms with Crippen LogP contribution in [-0.4, -0.2) is 5.11 Å². The van der Waals surface area contributed by atoms with Gasteiger partial charge in [-0.3, -0.25) is 0 Å². The van der Waals surface area contributed by atoms with Crippen molar-refractivity contribution in [2.24, 2.45) is 0 Å². The predicted molar refractivity (Wildman–Crippen MR) is 65.7 cm³/mol. The first-order valence-corrected chi connectivity index (χ1v) is 4.97. The van der Waals surface area contributed by atoms with Gasteiger partial charge in [-0.1, -0.05) is 49.9 Å². The molecule has 0 spiro atoms. The monoisotopic (exact) mass is 200 g/mol. The summed E-state index contributed by atoms with van der Waals surface area (Å²) in [6.45, 7) is 9.90. The van der Waals surface area contributed by atoms with Crippen LogP contribution in [0.25, 0.3) is 5.57 Å². The Morgan fingerprint density at radius 2 is 1.80 bits per heavy atom. The fraction of sp³-hybridized carbons (Fsp3) is 0.143. The molecule has 1 heteroatoms. The lowest BCUT2D eigenvalue weighted by molar-refractivity contribution is 0.475. The second kappa shape index (κ2) is 5.20. The lowest BCUT2D eigenvalue weighted by atomic mass is 10.1.